The summed E-state index contributed by atoms with van der Waals surface area (Å²) >= 11 is 9.52. The van der Waals surface area contributed by atoms with Crippen molar-refractivity contribution in [3.8, 4) is 0 Å². The fourth-order valence-corrected chi connectivity index (χ4v) is 3.65. The minimum absolute atomic E-state index is 0.00948. The first-order valence-electron chi connectivity index (χ1n) is 8.31. The number of aromatic nitrogens is 4. The normalized spacial score (nSPS) is 14.3. The average molecular weight is 451 g/mol. The first-order valence-corrected chi connectivity index (χ1v) is 9.48. The van der Waals surface area contributed by atoms with Crippen LogP contribution in [0.15, 0.2) is 10.7 Å². The molecule has 2 aromatic heterocycles. The van der Waals surface area contributed by atoms with Crippen LogP contribution in [0.1, 0.15) is 49.2 Å². The molecule has 1 saturated carbocycles. The highest BCUT2D eigenvalue weighted by Gasteiger charge is 2.34. The second-order valence-electron chi connectivity index (χ2n) is 6.32. The second kappa shape index (κ2) is 7.64. The third-order valence-electron chi connectivity index (χ3n) is 4.42. The molecule has 142 valence electrons. The Morgan fingerprint density at radius 2 is 2.15 bits per heavy atom. The zero-order valence-corrected chi connectivity index (χ0v) is 16.8. The number of halogens is 4. The Hall–Kier alpha value is -1.48. The molecule has 0 atom stereocenters. The van der Waals surface area contributed by atoms with Crippen LogP contribution in [0.3, 0.4) is 0 Å². The summed E-state index contributed by atoms with van der Waals surface area (Å²) in [4.78, 5) is 14.2. The first-order chi connectivity index (χ1) is 12.3. The number of rotatable bonds is 7. The number of carbonyl (C=O) groups excluding carboxylic acids is 1. The molecular formula is C16H19BrClF2N5O. The number of hydrogen-bond acceptors (Lipinski definition) is 3. The SMILES string of the molecule is CCn1ncc(Br)c1CN(C)C(=O)Cn1nc(C(F)F)c(Cl)c1C1CC1. The van der Waals surface area contributed by atoms with Gasteiger partial charge in [0.05, 0.1) is 33.6 Å². The van der Waals surface area contributed by atoms with Gasteiger partial charge >= 0.3 is 0 Å². The van der Waals surface area contributed by atoms with Gasteiger partial charge in [0.25, 0.3) is 6.43 Å². The van der Waals surface area contributed by atoms with E-state index < -0.39 is 12.1 Å². The van der Waals surface area contributed by atoms with Crippen LogP contribution in [0.5, 0.6) is 0 Å². The second-order valence-corrected chi connectivity index (χ2v) is 7.55. The van der Waals surface area contributed by atoms with Crippen LogP contribution in [0.2, 0.25) is 5.02 Å². The van der Waals surface area contributed by atoms with E-state index in [1.807, 2.05) is 6.92 Å². The maximum Gasteiger partial charge on any atom is 0.283 e. The molecule has 0 unspecified atom stereocenters. The van der Waals surface area contributed by atoms with Crippen molar-refractivity contribution in [1.29, 1.82) is 0 Å². The van der Waals surface area contributed by atoms with Crippen molar-refractivity contribution in [2.75, 3.05) is 7.05 Å². The molecule has 1 fully saturated rings. The van der Waals surface area contributed by atoms with E-state index in [1.54, 1.807) is 17.9 Å². The molecule has 2 heterocycles. The molecule has 1 aliphatic rings. The fourth-order valence-electron chi connectivity index (χ4n) is 2.86. The van der Waals surface area contributed by atoms with Gasteiger partial charge in [-0.05, 0) is 35.7 Å². The molecule has 0 saturated heterocycles. The molecule has 0 spiro atoms. The molecule has 3 rings (SSSR count). The van der Waals surface area contributed by atoms with Gasteiger partial charge in [-0.3, -0.25) is 14.2 Å². The van der Waals surface area contributed by atoms with Gasteiger partial charge < -0.3 is 4.90 Å². The Balaban J connectivity index is 1.77. The standard InChI is InChI=1S/C16H19BrClF2N5O/c1-3-24-11(10(17)6-21-24)7-23(2)12(26)8-25-15(9-4-5-9)13(18)14(22-25)16(19)20/h6,9,16H,3-5,7-8H2,1-2H3. The number of amides is 1. The number of likely N-dealkylation sites (N-methyl/N-ethyl adjacent to an activating group) is 1. The van der Waals surface area contributed by atoms with Crippen molar-refractivity contribution in [1.82, 2.24) is 24.5 Å². The van der Waals surface area contributed by atoms with E-state index in [0.717, 1.165) is 23.0 Å². The van der Waals surface area contributed by atoms with E-state index in [1.165, 1.54) is 9.58 Å². The quantitative estimate of drug-likeness (QED) is 0.641. The maximum atomic E-state index is 13.1. The maximum absolute atomic E-state index is 13.1. The largest absolute Gasteiger partial charge is 0.338 e. The van der Waals surface area contributed by atoms with Crippen LogP contribution in [-0.4, -0.2) is 37.4 Å². The number of aryl methyl sites for hydroxylation is 1. The van der Waals surface area contributed by atoms with E-state index in [4.69, 9.17) is 11.6 Å². The highest BCUT2D eigenvalue weighted by Crippen LogP contribution is 2.45. The zero-order chi connectivity index (χ0) is 19.0. The molecule has 0 aliphatic heterocycles. The lowest BCUT2D eigenvalue weighted by Gasteiger charge is -2.19. The molecule has 26 heavy (non-hydrogen) atoms. The minimum atomic E-state index is -2.76. The Kier molecular flexibility index (Phi) is 5.67. The van der Waals surface area contributed by atoms with Gasteiger partial charge in [0, 0.05) is 19.5 Å². The number of alkyl halides is 2. The highest BCUT2D eigenvalue weighted by atomic mass is 79.9. The van der Waals surface area contributed by atoms with Crippen LogP contribution < -0.4 is 0 Å². The van der Waals surface area contributed by atoms with E-state index in [9.17, 15) is 13.6 Å². The lowest BCUT2D eigenvalue weighted by molar-refractivity contribution is -0.131. The third-order valence-corrected chi connectivity index (χ3v) is 5.47. The fraction of sp³-hybridized carbons (Fsp3) is 0.562. The van der Waals surface area contributed by atoms with Crippen LogP contribution in [-0.2, 0) is 24.4 Å². The van der Waals surface area contributed by atoms with Gasteiger partial charge in [0.2, 0.25) is 5.91 Å². The molecule has 2 aromatic rings. The van der Waals surface area contributed by atoms with Crippen LogP contribution in [0.4, 0.5) is 8.78 Å². The lowest BCUT2D eigenvalue weighted by atomic mass is 10.2. The van der Waals surface area contributed by atoms with Gasteiger partial charge in [0.1, 0.15) is 12.2 Å². The molecule has 6 nitrogen and oxygen atoms in total. The van der Waals surface area contributed by atoms with Gasteiger partial charge in [-0.25, -0.2) is 8.78 Å². The molecular weight excluding hydrogens is 432 g/mol. The molecule has 10 heteroatoms. The predicted molar refractivity (Wildman–Crippen MR) is 96.2 cm³/mol. The first kappa shape index (κ1) is 19.3. The van der Waals surface area contributed by atoms with Gasteiger partial charge in [0.15, 0.2) is 0 Å². The topological polar surface area (TPSA) is 56.0 Å². The lowest BCUT2D eigenvalue weighted by Crippen LogP contribution is -2.31. The minimum Gasteiger partial charge on any atom is -0.338 e. The van der Waals surface area contributed by atoms with Crippen molar-refractivity contribution < 1.29 is 13.6 Å². The summed E-state index contributed by atoms with van der Waals surface area (Å²) in [6.07, 6.45) is 0.676. The molecule has 0 N–H and O–H groups in total. The summed E-state index contributed by atoms with van der Waals surface area (Å²) in [5.41, 5.74) is 0.969. The number of hydrogen-bond donors (Lipinski definition) is 0. The zero-order valence-electron chi connectivity index (χ0n) is 14.4. The Morgan fingerprint density at radius 1 is 1.46 bits per heavy atom. The van der Waals surface area contributed by atoms with E-state index >= 15 is 0 Å². The number of nitrogens with zero attached hydrogens (tertiary/aromatic N) is 5. The Bertz CT molecular complexity index is 818. The average Bonchev–Trinajstić information content (AvgIpc) is 3.29. The highest BCUT2D eigenvalue weighted by molar-refractivity contribution is 9.10. The molecule has 0 bridgehead atoms. The third kappa shape index (κ3) is 3.78. The van der Waals surface area contributed by atoms with Crippen LogP contribution >= 0.6 is 27.5 Å². The molecule has 0 aromatic carbocycles. The monoisotopic (exact) mass is 449 g/mol. The number of carbonyl (C=O) groups is 1. The van der Waals surface area contributed by atoms with Crippen molar-refractivity contribution in [3.05, 3.63) is 32.8 Å². The molecule has 1 aliphatic carbocycles. The van der Waals surface area contributed by atoms with E-state index in [0.29, 0.717) is 18.8 Å². The van der Waals surface area contributed by atoms with Crippen molar-refractivity contribution in [2.45, 2.75) is 51.7 Å². The van der Waals surface area contributed by atoms with Crippen LogP contribution in [0, 0.1) is 0 Å². The van der Waals surface area contributed by atoms with E-state index in [-0.39, 0.29) is 23.4 Å². The van der Waals surface area contributed by atoms with Crippen molar-refractivity contribution in [3.63, 3.8) is 0 Å². The summed E-state index contributed by atoms with van der Waals surface area (Å²) in [6.45, 7) is 2.88. The summed E-state index contributed by atoms with van der Waals surface area (Å²) in [5, 5.41) is 8.12. The summed E-state index contributed by atoms with van der Waals surface area (Å²) < 4.78 is 30.2. The van der Waals surface area contributed by atoms with Crippen LogP contribution in [0.25, 0.3) is 0 Å². The summed E-state index contributed by atoms with van der Waals surface area (Å²) in [7, 11) is 1.66. The molecule has 1 amide bonds. The van der Waals surface area contributed by atoms with Crippen molar-refractivity contribution in [2.24, 2.45) is 0 Å². The van der Waals surface area contributed by atoms with Gasteiger partial charge in [-0.2, -0.15) is 10.2 Å². The van der Waals surface area contributed by atoms with Gasteiger partial charge in [-0.1, -0.05) is 11.6 Å². The summed E-state index contributed by atoms with van der Waals surface area (Å²) in [5.74, 6) is -0.126. The Labute approximate surface area is 163 Å². The Morgan fingerprint density at radius 3 is 2.73 bits per heavy atom. The van der Waals surface area contributed by atoms with E-state index in [2.05, 4.69) is 26.1 Å². The molecule has 0 radical (unpaired) electrons. The van der Waals surface area contributed by atoms with Crippen molar-refractivity contribution >= 4 is 33.4 Å². The smallest absolute Gasteiger partial charge is 0.283 e. The van der Waals surface area contributed by atoms with Gasteiger partial charge in [-0.15, -0.1) is 0 Å². The predicted octanol–water partition coefficient (Wildman–Crippen LogP) is 3.99. The summed E-state index contributed by atoms with van der Waals surface area (Å²) in [6, 6.07) is 0.